The first-order valence-electron chi connectivity index (χ1n) is 5.81. The number of anilines is 1. The molecule has 0 amide bonds. The summed E-state index contributed by atoms with van der Waals surface area (Å²) < 4.78 is 27.9. The lowest BCUT2D eigenvalue weighted by atomic mass is 10.1. The van der Waals surface area contributed by atoms with E-state index in [1.54, 1.807) is 17.5 Å². The van der Waals surface area contributed by atoms with E-state index in [0.717, 1.165) is 10.6 Å². The van der Waals surface area contributed by atoms with Gasteiger partial charge in [0.05, 0.1) is 17.7 Å². The maximum atomic E-state index is 13.9. The lowest BCUT2D eigenvalue weighted by Crippen LogP contribution is -2.19. The lowest BCUT2D eigenvalue weighted by Gasteiger charge is -2.20. The van der Waals surface area contributed by atoms with Gasteiger partial charge in [-0.25, -0.2) is 13.8 Å². The van der Waals surface area contributed by atoms with Crippen LogP contribution in [0.25, 0.3) is 0 Å². The molecular formula is C13H15F2N3S. The Bertz CT molecular complexity index is 560. The minimum Gasteiger partial charge on any atom is -0.365 e. The van der Waals surface area contributed by atoms with Gasteiger partial charge in [-0.1, -0.05) is 0 Å². The van der Waals surface area contributed by atoms with E-state index in [-0.39, 0.29) is 12.2 Å². The van der Waals surface area contributed by atoms with Crippen molar-refractivity contribution in [2.24, 2.45) is 5.73 Å². The first-order valence-corrected chi connectivity index (χ1v) is 6.69. The molecule has 1 aromatic carbocycles. The molecule has 1 heterocycles. The Labute approximate surface area is 114 Å². The molecule has 0 saturated heterocycles. The van der Waals surface area contributed by atoms with Gasteiger partial charge in [0.2, 0.25) is 0 Å². The Morgan fingerprint density at radius 1 is 1.32 bits per heavy atom. The molecule has 2 rings (SSSR count). The highest BCUT2D eigenvalue weighted by Crippen LogP contribution is 2.26. The van der Waals surface area contributed by atoms with Gasteiger partial charge in [0.25, 0.3) is 0 Å². The van der Waals surface area contributed by atoms with Crippen LogP contribution < -0.4 is 10.6 Å². The van der Waals surface area contributed by atoms with Crippen LogP contribution in [0.1, 0.15) is 16.1 Å². The molecule has 0 aliphatic rings. The zero-order valence-electron chi connectivity index (χ0n) is 10.8. The fourth-order valence-corrected chi connectivity index (χ4v) is 2.70. The third-order valence-electron chi connectivity index (χ3n) is 2.92. The molecule has 102 valence electrons. The predicted octanol–water partition coefficient (Wildman–Crippen LogP) is 2.82. The maximum absolute atomic E-state index is 13.9. The molecule has 0 bridgehead atoms. The first-order chi connectivity index (χ1) is 9.02. The zero-order valence-corrected chi connectivity index (χ0v) is 11.6. The van der Waals surface area contributed by atoms with Crippen LogP contribution in [0, 0.1) is 18.6 Å². The summed E-state index contributed by atoms with van der Waals surface area (Å²) in [5.74, 6) is -1.18. The highest BCUT2D eigenvalue weighted by Gasteiger charge is 2.16. The van der Waals surface area contributed by atoms with E-state index in [0.29, 0.717) is 12.1 Å². The van der Waals surface area contributed by atoms with Crippen molar-refractivity contribution in [2.45, 2.75) is 20.0 Å². The summed E-state index contributed by atoms with van der Waals surface area (Å²) in [5.41, 5.74) is 8.41. The Kier molecular flexibility index (Phi) is 4.11. The van der Waals surface area contributed by atoms with Crippen molar-refractivity contribution >= 4 is 17.0 Å². The summed E-state index contributed by atoms with van der Waals surface area (Å²) in [6, 6.07) is 2.54. The standard InChI is InChI=1S/C13H15F2N3S/c1-8-12(19-7-17-8)6-18(2)13-10(14)3-9(5-16)4-11(13)15/h3-4,7H,5-6,16H2,1-2H3. The fraction of sp³-hybridized carbons (Fsp3) is 0.308. The van der Waals surface area contributed by atoms with Crippen molar-refractivity contribution in [1.29, 1.82) is 0 Å². The molecule has 6 heteroatoms. The Morgan fingerprint density at radius 3 is 2.42 bits per heavy atom. The molecule has 0 aliphatic heterocycles. The molecule has 0 saturated carbocycles. The molecule has 2 aromatic rings. The zero-order chi connectivity index (χ0) is 14.0. The molecule has 0 radical (unpaired) electrons. The van der Waals surface area contributed by atoms with E-state index in [1.165, 1.54) is 23.5 Å². The lowest BCUT2D eigenvalue weighted by molar-refractivity contribution is 0.573. The van der Waals surface area contributed by atoms with Gasteiger partial charge in [-0.15, -0.1) is 11.3 Å². The van der Waals surface area contributed by atoms with Gasteiger partial charge in [0, 0.05) is 18.5 Å². The second-order valence-electron chi connectivity index (χ2n) is 4.33. The van der Waals surface area contributed by atoms with Crippen LogP contribution in [-0.2, 0) is 13.1 Å². The number of nitrogens with zero attached hydrogens (tertiary/aromatic N) is 2. The van der Waals surface area contributed by atoms with E-state index in [4.69, 9.17) is 5.73 Å². The largest absolute Gasteiger partial charge is 0.365 e. The topological polar surface area (TPSA) is 42.2 Å². The molecule has 3 nitrogen and oxygen atoms in total. The molecule has 0 atom stereocenters. The van der Waals surface area contributed by atoms with E-state index in [1.807, 2.05) is 6.92 Å². The minimum atomic E-state index is -0.592. The van der Waals surface area contributed by atoms with Crippen LogP contribution in [0.15, 0.2) is 17.6 Å². The van der Waals surface area contributed by atoms with Crippen LogP contribution in [0.4, 0.5) is 14.5 Å². The van der Waals surface area contributed by atoms with Crippen molar-refractivity contribution in [3.63, 3.8) is 0 Å². The second-order valence-corrected chi connectivity index (χ2v) is 5.27. The number of hydrogen-bond acceptors (Lipinski definition) is 4. The number of thiazole rings is 1. The number of halogens is 2. The molecular weight excluding hydrogens is 268 g/mol. The van der Waals surface area contributed by atoms with Crippen molar-refractivity contribution < 1.29 is 8.78 Å². The minimum absolute atomic E-state index is 0.0370. The normalized spacial score (nSPS) is 10.8. The van der Waals surface area contributed by atoms with Gasteiger partial charge >= 0.3 is 0 Å². The first kappa shape index (κ1) is 13.9. The number of aryl methyl sites for hydroxylation is 1. The smallest absolute Gasteiger partial charge is 0.149 e. The average Bonchev–Trinajstić information content (AvgIpc) is 2.74. The predicted molar refractivity (Wildman–Crippen MR) is 73.2 cm³/mol. The van der Waals surface area contributed by atoms with E-state index >= 15 is 0 Å². The number of benzene rings is 1. The van der Waals surface area contributed by atoms with Gasteiger partial charge in [-0.05, 0) is 24.6 Å². The summed E-state index contributed by atoms with van der Waals surface area (Å²) in [5, 5.41) is 0. The summed E-state index contributed by atoms with van der Waals surface area (Å²) in [4.78, 5) is 6.66. The number of nitrogens with two attached hydrogens (primary N) is 1. The highest BCUT2D eigenvalue weighted by atomic mass is 32.1. The van der Waals surface area contributed by atoms with Crippen LogP contribution in [0.2, 0.25) is 0 Å². The third-order valence-corrected chi connectivity index (χ3v) is 3.84. The van der Waals surface area contributed by atoms with Crippen LogP contribution in [0.3, 0.4) is 0 Å². The van der Waals surface area contributed by atoms with Crippen LogP contribution in [0.5, 0.6) is 0 Å². The Morgan fingerprint density at radius 2 is 1.95 bits per heavy atom. The van der Waals surface area contributed by atoms with Gasteiger partial charge < -0.3 is 10.6 Å². The van der Waals surface area contributed by atoms with Crippen molar-refractivity contribution in [1.82, 2.24) is 4.98 Å². The molecule has 0 unspecified atom stereocenters. The number of rotatable bonds is 4. The van der Waals surface area contributed by atoms with E-state index in [9.17, 15) is 8.78 Å². The second kappa shape index (κ2) is 5.63. The number of hydrogen-bond donors (Lipinski definition) is 1. The van der Waals surface area contributed by atoms with Crippen molar-refractivity contribution in [3.05, 3.63) is 45.4 Å². The quantitative estimate of drug-likeness (QED) is 0.938. The van der Waals surface area contributed by atoms with Gasteiger partial charge in [0.15, 0.2) is 0 Å². The van der Waals surface area contributed by atoms with Crippen LogP contribution in [-0.4, -0.2) is 12.0 Å². The summed E-state index contributed by atoms with van der Waals surface area (Å²) in [6.07, 6.45) is 0. The van der Waals surface area contributed by atoms with Gasteiger partial charge in [-0.3, -0.25) is 0 Å². The van der Waals surface area contributed by atoms with Crippen molar-refractivity contribution in [3.8, 4) is 0 Å². The molecule has 19 heavy (non-hydrogen) atoms. The average molecular weight is 283 g/mol. The number of aromatic nitrogens is 1. The summed E-state index contributed by atoms with van der Waals surface area (Å²) in [7, 11) is 1.66. The maximum Gasteiger partial charge on any atom is 0.149 e. The molecule has 0 fully saturated rings. The Balaban J connectivity index is 2.29. The molecule has 2 N–H and O–H groups in total. The van der Waals surface area contributed by atoms with E-state index in [2.05, 4.69) is 4.98 Å². The van der Waals surface area contributed by atoms with Gasteiger partial charge in [-0.2, -0.15) is 0 Å². The van der Waals surface area contributed by atoms with Crippen LogP contribution >= 0.6 is 11.3 Å². The van der Waals surface area contributed by atoms with Gasteiger partial charge in [0.1, 0.15) is 17.3 Å². The summed E-state index contributed by atoms with van der Waals surface area (Å²) >= 11 is 1.47. The summed E-state index contributed by atoms with van der Waals surface area (Å²) in [6.45, 7) is 2.42. The Hall–Kier alpha value is -1.53. The third kappa shape index (κ3) is 2.90. The fourth-order valence-electron chi connectivity index (χ4n) is 1.87. The highest BCUT2D eigenvalue weighted by molar-refractivity contribution is 7.09. The van der Waals surface area contributed by atoms with Crippen molar-refractivity contribution in [2.75, 3.05) is 11.9 Å². The molecule has 0 spiro atoms. The SMILES string of the molecule is Cc1ncsc1CN(C)c1c(F)cc(CN)cc1F. The molecule has 1 aromatic heterocycles. The molecule has 0 aliphatic carbocycles. The monoisotopic (exact) mass is 283 g/mol. The van der Waals surface area contributed by atoms with E-state index < -0.39 is 11.6 Å².